The minimum absolute atomic E-state index is 0.0174. The smallest absolute Gasteiger partial charge is 0.353 e. The van der Waals surface area contributed by atoms with Crippen molar-refractivity contribution in [2.24, 2.45) is 0 Å². The maximum Gasteiger partial charge on any atom is 0.423 e. The molecule has 1 rings (SSSR count). The fraction of sp³-hybridized carbons (Fsp3) is 1.00. The molecule has 1 aliphatic rings. The summed E-state index contributed by atoms with van der Waals surface area (Å²) in [4.78, 5) is 0. The van der Waals surface area contributed by atoms with Crippen LogP contribution in [0.4, 0.5) is 26.3 Å². The van der Waals surface area contributed by atoms with Crippen LogP contribution in [0.1, 0.15) is 39.0 Å². The van der Waals surface area contributed by atoms with E-state index in [2.05, 4.69) is 10.1 Å². The molecule has 0 aromatic heterocycles. The Kier molecular flexibility index (Phi) is 5.71. The maximum absolute atomic E-state index is 12.6. The summed E-state index contributed by atoms with van der Waals surface area (Å²) >= 11 is 0. The van der Waals surface area contributed by atoms with Crippen molar-refractivity contribution in [2.75, 3.05) is 13.1 Å². The molecule has 120 valence electrons. The molecule has 0 heterocycles. The van der Waals surface area contributed by atoms with Crippen LogP contribution in [0.25, 0.3) is 0 Å². The molecular formula is C12H19F6NO. The topological polar surface area (TPSA) is 21.3 Å². The van der Waals surface area contributed by atoms with E-state index in [1.165, 1.54) is 0 Å². The number of nitrogens with one attached hydrogen (secondary N) is 1. The average Bonchev–Trinajstić information content (AvgIpc) is 2.73. The molecule has 1 aliphatic carbocycles. The van der Waals surface area contributed by atoms with E-state index in [4.69, 9.17) is 0 Å². The molecule has 1 N–H and O–H groups in total. The molecular weight excluding hydrogens is 288 g/mol. The van der Waals surface area contributed by atoms with Gasteiger partial charge in [-0.15, -0.1) is 0 Å². The summed E-state index contributed by atoms with van der Waals surface area (Å²) in [6.07, 6.45) is -12.3. The first-order chi connectivity index (χ1) is 9.11. The third-order valence-electron chi connectivity index (χ3n) is 3.35. The summed E-state index contributed by atoms with van der Waals surface area (Å²) in [6.45, 7) is 2.42. The Balaban J connectivity index is 2.81. The van der Waals surface area contributed by atoms with E-state index in [1.54, 1.807) is 0 Å². The van der Waals surface area contributed by atoms with Crippen molar-refractivity contribution in [1.82, 2.24) is 5.32 Å². The van der Waals surface area contributed by atoms with Crippen molar-refractivity contribution in [3.05, 3.63) is 0 Å². The Labute approximate surface area is 113 Å². The molecule has 0 amide bonds. The van der Waals surface area contributed by atoms with E-state index in [0.717, 1.165) is 6.42 Å². The second-order valence-electron chi connectivity index (χ2n) is 5.15. The van der Waals surface area contributed by atoms with E-state index in [-0.39, 0.29) is 19.4 Å². The van der Waals surface area contributed by atoms with Gasteiger partial charge in [-0.3, -0.25) is 0 Å². The fourth-order valence-electron chi connectivity index (χ4n) is 2.42. The minimum atomic E-state index is -5.45. The third kappa shape index (κ3) is 4.80. The molecule has 1 saturated carbocycles. The van der Waals surface area contributed by atoms with Crippen LogP contribution >= 0.6 is 0 Å². The lowest BCUT2D eigenvalue weighted by atomic mass is 10.0. The largest absolute Gasteiger partial charge is 0.423 e. The predicted molar refractivity (Wildman–Crippen MR) is 61.3 cm³/mol. The SMILES string of the molecule is CCCNCC1(OC(C(F)(F)F)C(F)(F)F)CCCC1. The monoisotopic (exact) mass is 307 g/mol. The lowest BCUT2D eigenvalue weighted by Gasteiger charge is -2.35. The zero-order valence-electron chi connectivity index (χ0n) is 11.2. The van der Waals surface area contributed by atoms with Crippen LogP contribution in [0.2, 0.25) is 0 Å². The Morgan fingerprint density at radius 2 is 1.55 bits per heavy atom. The standard InChI is InChI=1S/C12H19F6NO/c1-2-7-19-8-10(5-3-4-6-10)20-9(11(13,14)15)12(16,17)18/h9,19H,2-8H2,1H3. The lowest BCUT2D eigenvalue weighted by molar-refractivity contribution is -0.343. The van der Waals surface area contributed by atoms with Gasteiger partial charge in [0.25, 0.3) is 0 Å². The van der Waals surface area contributed by atoms with Crippen LogP contribution in [0.5, 0.6) is 0 Å². The summed E-state index contributed by atoms with van der Waals surface area (Å²) in [7, 11) is 0. The van der Waals surface area contributed by atoms with E-state index >= 15 is 0 Å². The maximum atomic E-state index is 12.6. The van der Waals surface area contributed by atoms with Crippen LogP contribution in [-0.2, 0) is 4.74 Å². The third-order valence-corrected chi connectivity index (χ3v) is 3.35. The Bertz CT molecular complexity index is 281. The highest BCUT2D eigenvalue weighted by atomic mass is 19.4. The lowest BCUT2D eigenvalue weighted by Crippen LogP contribution is -2.53. The van der Waals surface area contributed by atoms with Gasteiger partial charge in [-0.25, -0.2) is 0 Å². The quantitative estimate of drug-likeness (QED) is 0.595. The van der Waals surface area contributed by atoms with Crippen molar-refractivity contribution in [2.45, 2.75) is 63.1 Å². The molecule has 0 spiro atoms. The van der Waals surface area contributed by atoms with E-state index in [0.29, 0.717) is 19.4 Å². The van der Waals surface area contributed by atoms with Crippen molar-refractivity contribution >= 4 is 0 Å². The second kappa shape index (κ2) is 6.51. The van der Waals surface area contributed by atoms with E-state index in [1.807, 2.05) is 6.92 Å². The van der Waals surface area contributed by atoms with Gasteiger partial charge < -0.3 is 10.1 Å². The molecule has 2 nitrogen and oxygen atoms in total. The highest BCUT2D eigenvalue weighted by molar-refractivity contribution is 4.92. The molecule has 8 heteroatoms. The summed E-state index contributed by atoms with van der Waals surface area (Å²) in [6, 6.07) is 0. The van der Waals surface area contributed by atoms with Gasteiger partial charge in [0.15, 0.2) is 0 Å². The number of hydrogen-bond donors (Lipinski definition) is 1. The molecule has 0 saturated heterocycles. The zero-order valence-corrected chi connectivity index (χ0v) is 11.2. The summed E-state index contributed by atoms with van der Waals surface area (Å²) in [5.74, 6) is 0. The van der Waals surface area contributed by atoms with Crippen LogP contribution < -0.4 is 5.32 Å². The average molecular weight is 307 g/mol. The van der Waals surface area contributed by atoms with Gasteiger partial charge in [0.05, 0.1) is 5.60 Å². The summed E-state index contributed by atoms with van der Waals surface area (Å²) in [5.41, 5.74) is -1.37. The molecule has 1 fully saturated rings. The van der Waals surface area contributed by atoms with Gasteiger partial charge in [-0.05, 0) is 25.8 Å². The molecule has 0 aliphatic heterocycles. The van der Waals surface area contributed by atoms with Gasteiger partial charge >= 0.3 is 12.4 Å². The van der Waals surface area contributed by atoms with Crippen LogP contribution in [0.3, 0.4) is 0 Å². The molecule has 0 atom stereocenters. The molecule has 20 heavy (non-hydrogen) atoms. The van der Waals surface area contributed by atoms with Crippen molar-refractivity contribution < 1.29 is 31.1 Å². The molecule has 0 aromatic rings. The summed E-state index contributed by atoms with van der Waals surface area (Å²) in [5, 5.41) is 2.87. The Morgan fingerprint density at radius 1 is 1.05 bits per heavy atom. The Morgan fingerprint density at radius 3 is 1.95 bits per heavy atom. The van der Waals surface area contributed by atoms with Crippen LogP contribution in [-0.4, -0.2) is 37.1 Å². The highest BCUT2D eigenvalue weighted by Crippen LogP contribution is 2.42. The first-order valence-electron chi connectivity index (χ1n) is 6.63. The number of ether oxygens (including phenoxy) is 1. The number of halogens is 6. The van der Waals surface area contributed by atoms with Gasteiger partial charge in [-0.2, -0.15) is 26.3 Å². The van der Waals surface area contributed by atoms with E-state index < -0.39 is 24.1 Å². The van der Waals surface area contributed by atoms with Gasteiger partial charge in [0.1, 0.15) is 0 Å². The zero-order chi connectivity index (χ0) is 15.4. The van der Waals surface area contributed by atoms with Gasteiger partial charge in [0.2, 0.25) is 6.10 Å². The molecule has 0 radical (unpaired) electrons. The number of hydrogen-bond acceptors (Lipinski definition) is 2. The van der Waals surface area contributed by atoms with Crippen molar-refractivity contribution in [3.8, 4) is 0 Å². The molecule has 0 bridgehead atoms. The molecule has 0 aromatic carbocycles. The van der Waals surface area contributed by atoms with Crippen molar-refractivity contribution in [1.29, 1.82) is 0 Å². The first kappa shape index (κ1) is 17.6. The fourth-order valence-corrected chi connectivity index (χ4v) is 2.42. The van der Waals surface area contributed by atoms with Gasteiger partial charge in [-0.1, -0.05) is 19.8 Å². The normalized spacial score (nSPS) is 19.8. The second-order valence-corrected chi connectivity index (χ2v) is 5.15. The predicted octanol–water partition coefficient (Wildman–Crippen LogP) is 3.81. The van der Waals surface area contributed by atoms with Gasteiger partial charge in [0, 0.05) is 6.54 Å². The number of alkyl halides is 6. The van der Waals surface area contributed by atoms with Crippen LogP contribution in [0, 0.1) is 0 Å². The van der Waals surface area contributed by atoms with Crippen molar-refractivity contribution in [3.63, 3.8) is 0 Å². The minimum Gasteiger partial charge on any atom is -0.353 e. The highest BCUT2D eigenvalue weighted by Gasteiger charge is 2.60. The number of rotatable bonds is 6. The Hall–Kier alpha value is -0.500. The van der Waals surface area contributed by atoms with E-state index in [9.17, 15) is 26.3 Å². The molecule has 0 unspecified atom stereocenters. The summed E-state index contributed by atoms with van der Waals surface area (Å²) < 4.78 is 79.9. The first-order valence-corrected chi connectivity index (χ1v) is 6.63. The van der Waals surface area contributed by atoms with Crippen LogP contribution in [0.15, 0.2) is 0 Å².